The minimum absolute atomic E-state index is 0.0120. The Morgan fingerprint density at radius 1 is 1.33 bits per heavy atom. The van der Waals surface area contributed by atoms with Crippen LogP contribution < -0.4 is 10.2 Å². The molecule has 7 nitrogen and oxygen atoms in total. The van der Waals surface area contributed by atoms with Crippen molar-refractivity contribution in [3.8, 4) is 0 Å². The topological polar surface area (TPSA) is 70.5 Å². The van der Waals surface area contributed by atoms with Crippen molar-refractivity contribution >= 4 is 40.5 Å². The van der Waals surface area contributed by atoms with E-state index in [0.29, 0.717) is 27.9 Å². The van der Waals surface area contributed by atoms with Gasteiger partial charge in [0.1, 0.15) is 0 Å². The van der Waals surface area contributed by atoms with E-state index in [-0.39, 0.29) is 17.9 Å². The van der Waals surface area contributed by atoms with Gasteiger partial charge in [-0.1, -0.05) is 23.5 Å². The fourth-order valence-corrected chi connectivity index (χ4v) is 4.06. The molecule has 0 spiro atoms. The minimum atomic E-state index is -0.0955. The summed E-state index contributed by atoms with van der Waals surface area (Å²) in [6, 6.07) is 7.78. The molecule has 0 radical (unpaired) electrons. The Bertz CT molecular complexity index is 886. The molecule has 1 heterocycles. The van der Waals surface area contributed by atoms with E-state index in [9.17, 15) is 9.59 Å². The van der Waals surface area contributed by atoms with Gasteiger partial charge in [-0.3, -0.25) is 19.4 Å². The second-order valence-electron chi connectivity index (χ2n) is 6.70. The highest BCUT2D eigenvalue weighted by atomic mass is 32.1. The van der Waals surface area contributed by atoms with E-state index < -0.39 is 0 Å². The molecule has 1 saturated carbocycles. The Kier molecular flexibility index (Phi) is 6.03. The van der Waals surface area contributed by atoms with E-state index in [1.54, 1.807) is 23.6 Å². The van der Waals surface area contributed by atoms with Gasteiger partial charge < -0.3 is 5.32 Å². The molecule has 0 aliphatic heterocycles. The van der Waals surface area contributed by atoms with Crippen molar-refractivity contribution in [1.82, 2.24) is 20.0 Å². The number of nitrogens with one attached hydrogen (secondary N) is 1. The monoisotopic (exact) mass is 405 g/mol. The van der Waals surface area contributed by atoms with Crippen LogP contribution in [-0.4, -0.2) is 46.6 Å². The highest BCUT2D eigenvalue weighted by molar-refractivity contribution is 7.73. The molecule has 2 aromatic rings. The molecule has 9 heteroatoms. The fourth-order valence-electron chi connectivity index (χ4n) is 2.86. The lowest BCUT2D eigenvalue weighted by atomic mass is 10.1. The average Bonchev–Trinajstić information content (AvgIpc) is 3.39. The summed E-state index contributed by atoms with van der Waals surface area (Å²) >= 11 is 6.81. The molecule has 0 saturated heterocycles. The number of aromatic nitrogens is 2. The van der Waals surface area contributed by atoms with Crippen molar-refractivity contribution in [3.05, 3.63) is 39.3 Å². The van der Waals surface area contributed by atoms with Crippen LogP contribution in [0.3, 0.4) is 0 Å². The predicted molar refractivity (Wildman–Crippen MR) is 108 cm³/mol. The van der Waals surface area contributed by atoms with Gasteiger partial charge in [-0.15, -0.1) is 5.10 Å². The van der Waals surface area contributed by atoms with E-state index >= 15 is 0 Å². The Morgan fingerprint density at radius 3 is 2.56 bits per heavy atom. The highest BCUT2D eigenvalue weighted by Crippen LogP contribution is 2.33. The van der Waals surface area contributed by atoms with Crippen LogP contribution in [0.15, 0.2) is 24.3 Å². The Labute approximate surface area is 167 Å². The lowest BCUT2D eigenvalue weighted by molar-refractivity contribution is -0.116. The number of rotatable bonds is 7. The molecule has 0 atom stereocenters. The largest absolute Gasteiger partial charge is 0.355 e. The van der Waals surface area contributed by atoms with E-state index in [0.717, 1.165) is 18.4 Å². The van der Waals surface area contributed by atoms with Crippen molar-refractivity contribution < 1.29 is 9.59 Å². The summed E-state index contributed by atoms with van der Waals surface area (Å²) in [6.45, 7) is 2.80. The third-order valence-corrected chi connectivity index (χ3v) is 5.63. The fraction of sp³-hybridized carbons (Fsp3) is 0.444. The van der Waals surface area contributed by atoms with E-state index in [1.807, 2.05) is 31.3 Å². The zero-order valence-electron chi connectivity index (χ0n) is 15.6. The summed E-state index contributed by atoms with van der Waals surface area (Å²) in [4.78, 5) is 27.4. The Morgan fingerprint density at radius 2 is 2.00 bits per heavy atom. The number of benzene rings is 1. The molecule has 1 aliphatic carbocycles. The van der Waals surface area contributed by atoms with Crippen LogP contribution >= 0.6 is 23.6 Å². The molecule has 3 rings (SSSR count). The third kappa shape index (κ3) is 4.79. The molecule has 27 heavy (non-hydrogen) atoms. The number of nitrogens with zero attached hydrogens (tertiary/aromatic N) is 4. The van der Waals surface area contributed by atoms with Crippen molar-refractivity contribution in [2.45, 2.75) is 39.0 Å². The van der Waals surface area contributed by atoms with Crippen LogP contribution in [0.1, 0.15) is 35.7 Å². The SMILES string of the molecule is CNC(=O)c1ccc(CN(C)Cn2nc(N(C(C)=O)C3CC3)sc2=S)cc1. The number of carbonyl (C=O) groups excluding carboxylic acids is 2. The Balaban J connectivity index is 1.65. The van der Waals surface area contributed by atoms with Crippen molar-refractivity contribution in [3.63, 3.8) is 0 Å². The van der Waals surface area contributed by atoms with Gasteiger partial charge in [-0.05, 0) is 49.8 Å². The van der Waals surface area contributed by atoms with E-state index in [1.165, 1.54) is 11.3 Å². The standard InChI is InChI=1S/C18H23N5O2S2/c1-12(24)23(15-8-9-15)17-20-22(18(26)27-17)11-21(3)10-13-4-6-14(7-5-13)16(25)19-2/h4-7,15H,8-11H2,1-3H3,(H,19,25). The summed E-state index contributed by atoms with van der Waals surface area (Å²) in [7, 11) is 3.60. The average molecular weight is 406 g/mol. The molecule has 1 aliphatic rings. The van der Waals surface area contributed by atoms with Gasteiger partial charge in [0.2, 0.25) is 11.0 Å². The molecular formula is C18H23N5O2S2. The summed E-state index contributed by atoms with van der Waals surface area (Å²) < 4.78 is 2.41. The van der Waals surface area contributed by atoms with Crippen LogP contribution in [0.2, 0.25) is 0 Å². The van der Waals surface area contributed by atoms with Gasteiger partial charge in [-0.25, -0.2) is 4.68 Å². The molecular weight excluding hydrogens is 382 g/mol. The summed E-state index contributed by atoms with van der Waals surface area (Å²) in [5.41, 5.74) is 1.73. The maximum atomic E-state index is 11.9. The molecule has 1 fully saturated rings. The van der Waals surface area contributed by atoms with Crippen LogP contribution in [0, 0.1) is 3.95 Å². The number of hydrogen-bond acceptors (Lipinski definition) is 6. The molecule has 0 bridgehead atoms. The van der Waals surface area contributed by atoms with Crippen molar-refractivity contribution in [2.75, 3.05) is 19.0 Å². The van der Waals surface area contributed by atoms with Crippen molar-refractivity contribution in [1.29, 1.82) is 0 Å². The zero-order chi connectivity index (χ0) is 19.6. The molecule has 2 amide bonds. The molecule has 1 aromatic carbocycles. The molecule has 0 unspecified atom stereocenters. The van der Waals surface area contributed by atoms with Crippen LogP contribution in [0.25, 0.3) is 0 Å². The maximum absolute atomic E-state index is 11.9. The van der Waals surface area contributed by atoms with Gasteiger partial charge in [0.05, 0.1) is 6.67 Å². The number of hydrogen-bond donors (Lipinski definition) is 1. The van der Waals surface area contributed by atoms with Crippen LogP contribution in [0.4, 0.5) is 5.13 Å². The Hall–Kier alpha value is -2.10. The third-order valence-electron chi connectivity index (χ3n) is 4.32. The van der Waals surface area contributed by atoms with Crippen LogP contribution in [-0.2, 0) is 18.0 Å². The van der Waals surface area contributed by atoms with Crippen molar-refractivity contribution in [2.24, 2.45) is 0 Å². The van der Waals surface area contributed by atoms with Crippen LogP contribution in [0.5, 0.6) is 0 Å². The van der Waals surface area contributed by atoms with Gasteiger partial charge in [0.25, 0.3) is 5.91 Å². The van der Waals surface area contributed by atoms with E-state index in [4.69, 9.17) is 12.2 Å². The first kappa shape index (κ1) is 19.7. The maximum Gasteiger partial charge on any atom is 0.251 e. The quantitative estimate of drug-likeness (QED) is 0.717. The second-order valence-corrected chi connectivity index (χ2v) is 8.30. The molecule has 144 valence electrons. The summed E-state index contributed by atoms with van der Waals surface area (Å²) in [5, 5.41) is 7.86. The second kappa shape index (κ2) is 8.28. The lowest BCUT2D eigenvalue weighted by Gasteiger charge is -2.18. The highest BCUT2D eigenvalue weighted by Gasteiger charge is 2.34. The van der Waals surface area contributed by atoms with Gasteiger partial charge >= 0.3 is 0 Å². The first-order valence-corrected chi connectivity index (χ1v) is 9.99. The normalized spacial score (nSPS) is 13.6. The predicted octanol–water partition coefficient (Wildman–Crippen LogP) is 2.64. The van der Waals surface area contributed by atoms with Gasteiger partial charge in [0, 0.05) is 32.1 Å². The molecule has 1 N–H and O–H groups in total. The number of carbonyl (C=O) groups is 2. The zero-order valence-corrected chi connectivity index (χ0v) is 17.3. The lowest BCUT2D eigenvalue weighted by Crippen LogP contribution is -2.31. The minimum Gasteiger partial charge on any atom is -0.355 e. The van der Waals surface area contributed by atoms with E-state index in [2.05, 4.69) is 15.3 Å². The van der Waals surface area contributed by atoms with Gasteiger partial charge in [-0.2, -0.15) is 0 Å². The number of anilines is 1. The first-order valence-electron chi connectivity index (χ1n) is 8.76. The van der Waals surface area contributed by atoms with Gasteiger partial charge in [0.15, 0.2) is 3.95 Å². The number of amides is 2. The summed E-state index contributed by atoms with van der Waals surface area (Å²) in [6.07, 6.45) is 2.05. The molecule has 1 aromatic heterocycles. The first-order chi connectivity index (χ1) is 12.9. The smallest absolute Gasteiger partial charge is 0.251 e. The summed E-state index contributed by atoms with van der Waals surface area (Å²) in [5.74, 6) is -0.0835.